The van der Waals surface area contributed by atoms with Gasteiger partial charge in [-0.05, 0) is 89.0 Å². The monoisotopic (exact) mass is 628 g/mol. The standard InChI is InChI=1S/C48H30O/c1-3-15-31(16-4-1)33-25-13-27-43-47(33)48-37(26-14-28-44(48)49-43)36-29-30-42(35-20-8-7-19-34(35)36)46-40-23-11-9-21-38(40)45(32-17-5-2-6-18-32)39-22-10-12-24-41(39)46/h1-30H/i7D,8D,19D,20D,29D,30D. The van der Waals surface area contributed by atoms with Crippen LogP contribution in [0.3, 0.4) is 0 Å². The fourth-order valence-corrected chi connectivity index (χ4v) is 7.57. The lowest BCUT2D eigenvalue weighted by atomic mass is 9.83. The fraction of sp³-hybridized carbons (Fsp3) is 0. The molecular weight excluding hydrogens is 593 g/mol. The van der Waals surface area contributed by atoms with Gasteiger partial charge < -0.3 is 4.42 Å². The molecule has 0 atom stereocenters. The van der Waals surface area contributed by atoms with Crippen LogP contribution >= 0.6 is 0 Å². The van der Waals surface area contributed by atoms with Crippen molar-refractivity contribution in [3.63, 3.8) is 0 Å². The average molecular weight is 629 g/mol. The van der Waals surface area contributed by atoms with Gasteiger partial charge in [-0.25, -0.2) is 0 Å². The van der Waals surface area contributed by atoms with Gasteiger partial charge in [0, 0.05) is 10.8 Å². The van der Waals surface area contributed by atoms with Crippen molar-refractivity contribution >= 4 is 54.3 Å². The SMILES string of the molecule is [2H]c1c([2H])c([2H])c2c(-c3cccc4oc5cccc(-c6ccccc6)c5c34)c([2H])c([2H])c(-c3c4ccccc4c(-c4ccccc4)c4ccccc34)c2c1[2H]. The number of hydrogen-bond acceptors (Lipinski definition) is 1. The Morgan fingerprint density at radius 3 is 1.41 bits per heavy atom. The van der Waals surface area contributed by atoms with E-state index in [-0.39, 0.29) is 40.5 Å². The van der Waals surface area contributed by atoms with Crippen LogP contribution in [-0.4, -0.2) is 0 Å². The predicted octanol–water partition coefficient (Wildman–Crippen LogP) is 13.7. The van der Waals surface area contributed by atoms with Crippen molar-refractivity contribution in [1.82, 2.24) is 0 Å². The molecule has 1 heterocycles. The zero-order valence-electron chi connectivity index (χ0n) is 32.3. The Hall–Kier alpha value is -6.44. The van der Waals surface area contributed by atoms with E-state index in [1.165, 1.54) is 0 Å². The molecule has 10 aromatic rings. The summed E-state index contributed by atoms with van der Waals surface area (Å²) in [6.45, 7) is 0. The molecule has 0 N–H and O–H groups in total. The summed E-state index contributed by atoms with van der Waals surface area (Å²) in [6.07, 6.45) is 0. The summed E-state index contributed by atoms with van der Waals surface area (Å²) in [7, 11) is 0. The van der Waals surface area contributed by atoms with Crippen LogP contribution < -0.4 is 0 Å². The van der Waals surface area contributed by atoms with Crippen LogP contribution in [0.25, 0.3) is 98.8 Å². The number of hydrogen-bond donors (Lipinski definition) is 0. The highest BCUT2D eigenvalue weighted by Crippen LogP contribution is 2.48. The Morgan fingerprint density at radius 1 is 0.327 bits per heavy atom. The van der Waals surface area contributed by atoms with Crippen molar-refractivity contribution < 1.29 is 12.6 Å². The first-order valence-electron chi connectivity index (χ1n) is 19.4. The first-order valence-corrected chi connectivity index (χ1v) is 16.4. The van der Waals surface area contributed by atoms with E-state index >= 15 is 0 Å². The van der Waals surface area contributed by atoms with Gasteiger partial charge in [0.1, 0.15) is 11.2 Å². The number of rotatable bonds is 4. The Bertz CT molecular complexity index is 3150. The molecule has 0 fully saturated rings. The highest BCUT2D eigenvalue weighted by atomic mass is 16.3. The molecule has 0 radical (unpaired) electrons. The lowest BCUT2D eigenvalue weighted by molar-refractivity contribution is 0.669. The zero-order valence-corrected chi connectivity index (χ0v) is 26.3. The van der Waals surface area contributed by atoms with Gasteiger partial charge in [-0.3, -0.25) is 0 Å². The molecule has 0 aliphatic rings. The van der Waals surface area contributed by atoms with Gasteiger partial charge >= 0.3 is 0 Å². The second-order valence-electron chi connectivity index (χ2n) is 12.3. The van der Waals surface area contributed by atoms with Gasteiger partial charge in [0.2, 0.25) is 0 Å². The second kappa shape index (κ2) is 11.1. The quantitative estimate of drug-likeness (QED) is 0.177. The summed E-state index contributed by atoms with van der Waals surface area (Å²) in [5.41, 5.74) is 7.00. The van der Waals surface area contributed by atoms with Gasteiger partial charge in [-0.1, -0.05) is 170 Å². The van der Waals surface area contributed by atoms with E-state index in [9.17, 15) is 5.48 Å². The average Bonchev–Trinajstić information content (AvgIpc) is 3.62. The summed E-state index contributed by atoms with van der Waals surface area (Å²) >= 11 is 0. The van der Waals surface area contributed by atoms with E-state index < -0.39 is 12.1 Å². The van der Waals surface area contributed by atoms with Gasteiger partial charge in [-0.2, -0.15) is 0 Å². The lowest BCUT2D eigenvalue weighted by Crippen LogP contribution is -1.92. The Kier molecular flexibility index (Phi) is 5.02. The van der Waals surface area contributed by atoms with E-state index in [0.717, 1.165) is 54.6 Å². The molecule has 1 heteroatoms. The minimum Gasteiger partial charge on any atom is -0.456 e. The van der Waals surface area contributed by atoms with Crippen molar-refractivity contribution in [3.05, 3.63) is 182 Å². The Labute approximate surface area is 292 Å². The van der Waals surface area contributed by atoms with Crippen molar-refractivity contribution in [3.8, 4) is 44.5 Å². The topological polar surface area (TPSA) is 13.1 Å². The molecule has 0 aliphatic heterocycles. The summed E-state index contributed by atoms with van der Waals surface area (Å²) in [6, 6.07) is 46.0. The van der Waals surface area contributed by atoms with E-state index in [2.05, 4.69) is 24.3 Å². The maximum atomic E-state index is 9.91. The zero-order chi connectivity index (χ0) is 37.5. The molecule has 49 heavy (non-hydrogen) atoms. The highest BCUT2D eigenvalue weighted by Gasteiger charge is 2.21. The molecule has 1 aromatic heterocycles. The maximum absolute atomic E-state index is 9.91. The number of fused-ring (bicyclic) bond motifs is 6. The first-order chi connectivity index (χ1) is 26.8. The molecule has 0 bridgehead atoms. The van der Waals surface area contributed by atoms with E-state index in [0.29, 0.717) is 27.9 Å². The van der Waals surface area contributed by atoms with E-state index in [1.807, 2.05) is 121 Å². The third-order valence-electron chi connectivity index (χ3n) is 9.62. The van der Waals surface area contributed by atoms with Crippen LogP contribution in [0.4, 0.5) is 0 Å². The van der Waals surface area contributed by atoms with Crippen LogP contribution in [0.15, 0.2) is 186 Å². The first kappa shape index (κ1) is 22.2. The third kappa shape index (κ3) is 4.26. The minimum absolute atomic E-state index is 0.122. The second-order valence-corrected chi connectivity index (χ2v) is 12.3. The number of furan rings is 1. The maximum Gasteiger partial charge on any atom is 0.136 e. The van der Waals surface area contributed by atoms with Crippen LogP contribution in [-0.2, 0) is 0 Å². The largest absolute Gasteiger partial charge is 0.456 e. The van der Waals surface area contributed by atoms with Crippen LogP contribution in [0.5, 0.6) is 0 Å². The Morgan fingerprint density at radius 2 is 0.796 bits per heavy atom. The molecule has 10 rings (SSSR count). The molecule has 0 saturated heterocycles. The molecular formula is C48H30O. The van der Waals surface area contributed by atoms with Crippen LogP contribution in [0.2, 0.25) is 0 Å². The Balaban J connectivity index is 1.40. The van der Waals surface area contributed by atoms with Gasteiger partial charge in [0.15, 0.2) is 0 Å². The van der Waals surface area contributed by atoms with Gasteiger partial charge in [-0.15, -0.1) is 0 Å². The normalized spacial score (nSPS) is 13.4. The van der Waals surface area contributed by atoms with Crippen LogP contribution in [0.1, 0.15) is 8.22 Å². The lowest BCUT2D eigenvalue weighted by Gasteiger charge is -2.19. The van der Waals surface area contributed by atoms with E-state index in [1.54, 1.807) is 0 Å². The molecule has 0 unspecified atom stereocenters. The fourth-order valence-electron chi connectivity index (χ4n) is 7.57. The van der Waals surface area contributed by atoms with Gasteiger partial charge in [0.05, 0.1) is 8.22 Å². The summed E-state index contributed by atoms with van der Waals surface area (Å²) in [4.78, 5) is 0. The summed E-state index contributed by atoms with van der Waals surface area (Å²) < 4.78 is 63.0. The third-order valence-corrected chi connectivity index (χ3v) is 9.62. The highest BCUT2D eigenvalue weighted by molar-refractivity contribution is 6.25. The van der Waals surface area contributed by atoms with Crippen molar-refractivity contribution in [1.29, 1.82) is 0 Å². The molecule has 0 spiro atoms. The molecule has 1 nitrogen and oxygen atoms in total. The van der Waals surface area contributed by atoms with Crippen molar-refractivity contribution in [2.45, 2.75) is 0 Å². The smallest absolute Gasteiger partial charge is 0.136 e. The van der Waals surface area contributed by atoms with Gasteiger partial charge in [0.25, 0.3) is 0 Å². The summed E-state index contributed by atoms with van der Waals surface area (Å²) in [5.74, 6) is 0. The molecule has 0 saturated carbocycles. The predicted molar refractivity (Wildman–Crippen MR) is 208 cm³/mol. The molecule has 228 valence electrons. The summed E-state index contributed by atoms with van der Waals surface area (Å²) in [5, 5.41) is 5.48. The van der Waals surface area contributed by atoms with Crippen molar-refractivity contribution in [2.24, 2.45) is 0 Å². The van der Waals surface area contributed by atoms with Crippen molar-refractivity contribution in [2.75, 3.05) is 0 Å². The van der Waals surface area contributed by atoms with E-state index in [4.69, 9.17) is 7.16 Å². The molecule has 9 aromatic carbocycles. The number of benzene rings is 9. The molecule has 0 amide bonds. The van der Waals surface area contributed by atoms with Crippen LogP contribution in [0, 0.1) is 0 Å². The minimum atomic E-state index is -0.398. The molecule has 0 aliphatic carbocycles.